The summed E-state index contributed by atoms with van der Waals surface area (Å²) in [6.07, 6.45) is 2.59. The van der Waals surface area contributed by atoms with Gasteiger partial charge in [-0.05, 0) is 18.6 Å². The highest BCUT2D eigenvalue weighted by Gasteiger charge is 2.02. The van der Waals surface area contributed by atoms with Crippen molar-refractivity contribution in [2.24, 2.45) is 0 Å². The van der Waals surface area contributed by atoms with Gasteiger partial charge >= 0.3 is 0 Å². The molecule has 0 atom stereocenters. The average Bonchev–Trinajstić information content (AvgIpc) is 2.21. The summed E-state index contributed by atoms with van der Waals surface area (Å²) in [5.41, 5.74) is 0.464. The SMILES string of the molecule is C=CCCNc1cc(OC)ccc1F. The summed E-state index contributed by atoms with van der Waals surface area (Å²) in [5, 5.41) is 2.96. The lowest BCUT2D eigenvalue weighted by Gasteiger charge is -2.07. The van der Waals surface area contributed by atoms with Crippen molar-refractivity contribution >= 4 is 5.69 Å². The Morgan fingerprint density at radius 1 is 1.57 bits per heavy atom. The van der Waals surface area contributed by atoms with Gasteiger partial charge in [-0.2, -0.15) is 0 Å². The second-order valence-electron chi connectivity index (χ2n) is 2.85. The standard InChI is InChI=1S/C11H14FNO/c1-3-4-7-13-11-8-9(14-2)5-6-10(11)12/h3,5-6,8,13H,1,4,7H2,2H3. The summed E-state index contributed by atoms with van der Waals surface area (Å²) in [7, 11) is 1.56. The normalized spacial score (nSPS) is 9.57. The molecular formula is C11H14FNO. The number of halogens is 1. The van der Waals surface area contributed by atoms with Crippen molar-refractivity contribution < 1.29 is 9.13 Å². The topological polar surface area (TPSA) is 21.3 Å². The molecule has 1 aromatic carbocycles. The van der Waals surface area contributed by atoms with Crippen molar-refractivity contribution in [3.8, 4) is 5.75 Å². The molecule has 0 saturated carbocycles. The molecule has 2 nitrogen and oxygen atoms in total. The van der Waals surface area contributed by atoms with E-state index in [2.05, 4.69) is 11.9 Å². The van der Waals surface area contributed by atoms with Crippen LogP contribution in [0.5, 0.6) is 5.75 Å². The lowest BCUT2D eigenvalue weighted by Crippen LogP contribution is -2.02. The zero-order chi connectivity index (χ0) is 10.4. The van der Waals surface area contributed by atoms with Gasteiger partial charge in [-0.3, -0.25) is 0 Å². The lowest BCUT2D eigenvalue weighted by atomic mass is 10.2. The summed E-state index contributed by atoms with van der Waals surface area (Å²) in [4.78, 5) is 0. The molecular weight excluding hydrogens is 181 g/mol. The highest BCUT2D eigenvalue weighted by Crippen LogP contribution is 2.20. The lowest BCUT2D eigenvalue weighted by molar-refractivity contribution is 0.414. The molecule has 0 aliphatic carbocycles. The first-order chi connectivity index (χ1) is 6.77. The average molecular weight is 195 g/mol. The van der Waals surface area contributed by atoms with Crippen molar-refractivity contribution in [1.82, 2.24) is 0 Å². The van der Waals surface area contributed by atoms with E-state index in [9.17, 15) is 4.39 Å². The first-order valence-electron chi connectivity index (χ1n) is 4.46. The molecule has 0 spiro atoms. The number of rotatable bonds is 5. The van der Waals surface area contributed by atoms with Crippen LogP contribution in [0.4, 0.5) is 10.1 Å². The third kappa shape index (κ3) is 2.76. The molecule has 0 bridgehead atoms. The zero-order valence-corrected chi connectivity index (χ0v) is 8.22. The van der Waals surface area contributed by atoms with Gasteiger partial charge in [-0.15, -0.1) is 6.58 Å². The number of hydrogen-bond acceptors (Lipinski definition) is 2. The van der Waals surface area contributed by atoms with Crippen molar-refractivity contribution in [3.63, 3.8) is 0 Å². The smallest absolute Gasteiger partial charge is 0.146 e. The summed E-state index contributed by atoms with van der Waals surface area (Å²) in [5.74, 6) is 0.377. The molecule has 0 fully saturated rings. The maximum absolute atomic E-state index is 13.2. The van der Waals surface area contributed by atoms with E-state index in [1.165, 1.54) is 6.07 Å². The Kier molecular flexibility index (Phi) is 3.98. The Balaban J connectivity index is 2.68. The monoisotopic (exact) mass is 195 g/mol. The summed E-state index contributed by atoms with van der Waals surface area (Å²) in [6.45, 7) is 4.26. The molecule has 0 radical (unpaired) electrons. The van der Waals surface area contributed by atoms with Crippen LogP contribution in [0.2, 0.25) is 0 Å². The molecule has 1 N–H and O–H groups in total. The second-order valence-corrected chi connectivity index (χ2v) is 2.85. The number of hydrogen-bond donors (Lipinski definition) is 1. The predicted octanol–water partition coefficient (Wildman–Crippen LogP) is 2.82. The Hall–Kier alpha value is -1.51. The number of ether oxygens (including phenoxy) is 1. The van der Waals surface area contributed by atoms with Gasteiger partial charge in [0.2, 0.25) is 0 Å². The molecule has 0 unspecified atom stereocenters. The molecule has 0 aliphatic rings. The number of benzene rings is 1. The van der Waals surface area contributed by atoms with Crippen molar-refractivity contribution in [3.05, 3.63) is 36.7 Å². The van der Waals surface area contributed by atoms with E-state index in [-0.39, 0.29) is 5.82 Å². The second kappa shape index (κ2) is 5.27. The third-order valence-corrected chi connectivity index (χ3v) is 1.84. The van der Waals surface area contributed by atoms with E-state index >= 15 is 0 Å². The van der Waals surface area contributed by atoms with E-state index in [0.717, 1.165) is 6.42 Å². The van der Waals surface area contributed by atoms with E-state index in [1.54, 1.807) is 25.3 Å². The molecule has 3 heteroatoms. The first-order valence-corrected chi connectivity index (χ1v) is 4.46. The van der Waals surface area contributed by atoms with E-state index in [1.807, 2.05) is 0 Å². The van der Waals surface area contributed by atoms with Crippen LogP contribution in [0, 0.1) is 5.82 Å². The first kappa shape index (κ1) is 10.6. The van der Waals surface area contributed by atoms with Gasteiger partial charge in [0.15, 0.2) is 0 Å². The fourth-order valence-electron chi connectivity index (χ4n) is 1.08. The number of methoxy groups -OCH3 is 1. The van der Waals surface area contributed by atoms with Gasteiger partial charge in [0.25, 0.3) is 0 Å². The van der Waals surface area contributed by atoms with Gasteiger partial charge in [-0.25, -0.2) is 4.39 Å². The molecule has 0 saturated heterocycles. The van der Waals surface area contributed by atoms with E-state index in [4.69, 9.17) is 4.74 Å². The molecule has 14 heavy (non-hydrogen) atoms. The minimum atomic E-state index is -0.269. The van der Waals surface area contributed by atoms with Crippen LogP contribution < -0.4 is 10.1 Å². The molecule has 0 heterocycles. The minimum absolute atomic E-state index is 0.269. The summed E-state index contributed by atoms with van der Waals surface area (Å²) < 4.78 is 18.2. The Morgan fingerprint density at radius 3 is 3.00 bits per heavy atom. The van der Waals surface area contributed by atoms with Gasteiger partial charge in [0.05, 0.1) is 12.8 Å². The van der Waals surface area contributed by atoms with Crippen molar-refractivity contribution in [2.45, 2.75) is 6.42 Å². The molecule has 76 valence electrons. The summed E-state index contributed by atoms with van der Waals surface area (Å²) >= 11 is 0. The van der Waals surface area contributed by atoms with E-state index < -0.39 is 0 Å². The zero-order valence-electron chi connectivity index (χ0n) is 8.22. The number of anilines is 1. The van der Waals surface area contributed by atoms with Crippen LogP contribution in [0.3, 0.4) is 0 Å². The molecule has 1 aromatic rings. The van der Waals surface area contributed by atoms with Gasteiger partial charge in [0, 0.05) is 12.6 Å². The van der Waals surface area contributed by atoms with E-state index in [0.29, 0.717) is 18.0 Å². The summed E-state index contributed by atoms with van der Waals surface area (Å²) in [6, 6.07) is 4.61. The highest BCUT2D eigenvalue weighted by atomic mass is 19.1. The van der Waals surface area contributed by atoms with Crippen LogP contribution in [0.15, 0.2) is 30.9 Å². The fourth-order valence-corrected chi connectivity index (χ4v) is 1.08. The van der Waals surface area contributed by atoms with Gasteiger partial charge in [-0.1, -0.05) is 6.08 Å². The van der Waals surface area contributed by atoms with Gasteiger partial charge in [0.1, 0.15) is 11.6 Å². The van der Waals surface area contributed by atoms with Crippen LogP contribution in [0.25, 0.3) is 0 Å². The third-order valence-electron chi connectivity index (χ3n) is 1.84. The Labute approximate surface area is 83.4 Å². The highest BCUT2D eigenvalue weighted by molar-refractivity contribution is 5.49. The molecule has 0 aliphatic heterocycles. The van der Waals surface area contributed by atoms with Crippen molar-refractivity contribution in [1.29, 1.82) is 0 Å². The minimum Gasteiger partial charge on any atom is -0.497 e. The van der Waals surface area contributed by atoms with Crippen LogP contribution >= 0.6 is 0 Å². The Morgan fingerprint density at radius 2 is 2.36 bits per heavy atom. The quantitative estimate of drug-likeness (QED) is 0.576. The number of nitrogens with one attached hydrogen (secondary N) is 1. The van der Waals surface area contributed by atoms with Crippen LogP contribution in [-0.2, 0) is 0 Å². The van der Waals surface area contributed by atoms with Crippen LogP contribution in [-0.4, -0.2) is 13.7 Å². The maximum atomic E-state index is 13.2. The van der Waals surface area contributed by atoms with Crippen molar-refractivity contribution in [2.75, 3.05) is 19.0 Å². The van der Waals surface area contributed by atoms with Crippen LogP contribution in [0.1, 0.15) is 6.42 Å². The Bertz CT molecular complexity index is 312. The van der Waals surface area contributed by atoms with Gasteiger partial charge < -0.3 is 10.1 Å². The maximum Gasteiger partial charge on any atom is 0.146 e. The predicted molar refractivity (Wildman–Crippen MR) is 56.3 cm³/mol. The fraction of sp³-hybridized carbons (Fsp3) is 0.273. The molecule has 0 amide bonds. The largest absolute Gasteiger partial charge is 0.497 e. The molecule has 0 aromatic heterocycles. The molecule has 1 rings (SSSR count).